The maximum atomic E-state index is 10.7. The molecule has 68 valence electrons. The molecule has 0 aromatic rings. The zero-order chi connectivity index (χ0) is 9.14. The van der Waals surface area contributed by atoms with Gasteiger partial charge in [-0.2, -0.15) is 0 Å². The Balaban J connectivity index is 2.64. The average molecular weight is 175 g/mol. The second-order valence-corrected chi connectivity index (χ2v) is 2.42. The number of carboxylic acids is 1. The first-order valence-electron chi connectivity index (χ1n) is 3.39. The van der Waals surface area contributed by atoms with Gasteiger partial charge in [0, 0.05) is 0 Å². The number of ether oxygens (including phenoxy) is 1. The summed E-state index contributed by atoms with van der Waals surface area (Å²) < 4.78 is 4.77. The molecule has 0 saturated carbocycles. The molecule has 1 rings (SSSR count). The minimum atomic E-state index is -1.21. The van der Waals surface area contributed by atoms with Gasteiger partial charge in [0.15, 0.2) is 6.04 Å². The maximum Gasteiger partial charge on any atom is 0.329 e. The lowest BCUT2D eigenvalue weighted by Crippen LogP contribution is -2.56. The van der Waals surface area contributed by atoms with E-state index < -0.39 is 30.6 Å². The highest BCUT2D eigenvalue weighted by molar-refractivity contribution is 5.85. The maximum absolute atomic E-state index is 10.7. The third kappa shape index (κ3) is 1.72. The summed E-state index contributed by atoms with van der Waals surface area (Å²) in [5.41, 5.74) is 0. The van der Waals surface area contributed by atoms with E-state index in [-0.39, 0.29) is 6.61 Å². The summed E-state index contributed by atoms with van der Waals surface area (Å²) in [5, 5.41) is 19.4. The van der Waals surface area contributed by atoms with Gasteiger partial charge in [-0.3, -0.25) is 4.79 Å². The summed E-state index contributed by atoms with van der Waals surface area (Å²) in [6.45, 7) is -0.619. The number of aliphatic hydroxyl groups excluding tert-OH is 1. The molecule has 1 fully saturated rings. The van der Waals surface area contributed by atoms with Crippen LogP contribution in [0.2, 0.25) is 0 Å². The highest BCUT2D eigenvalue weighted by Gasteiger charge is 2.34. The van der Waals surface area contributed by atoms with Crippen LogP contribution in [-0.2, 0) is 14.3 Å². The van der Waals surface area contributed by atoms with Gasteiger partial charge in [0.25, 0.3) is 0 Å². The van der Waals surface area contributed by atoms with Crippen molar-refractivity contribution in [3.8, 4) is 0 Å². The predicted molar refractivity (Wildman–Crippen MR) is 36.4 cm³/mol. The van der Waals surface area contributed by atoms with E-state index in [4.69, 9.17) is 14.9 Å². The van der Waals surface area contributed by atoms with Crippen molar-refractivity contribution in [1.82, 2.24) is 5.32 Å². The molecule has 1 aliphatic rings. The monoisotopic (exact) mass is 175 g/mol. The standard InChI is InChI=1S/C6H9NO5/c8-1-3-5(6(10)11)7-4(9)2-12-3/h3,5,8H,1-2H2,(H,7,9)(H,10,11). The molecule has 0 aromatic carbocycles. The second-order valence-electron chi connectivity index (χ2n) is 2.42. The molecular weight excluding hydrogens is 166 g/mol. The van der Waals surface area contributed by atoms with Crippen molar-refractivity contribution in [1.29, 1.82) is 0 Å². The molecule has 2 atom stereocenters. The quantitative estimate of drug-likeness (QED) is 0.448. The summed E-state index contributed by atoms with van der Waals surface area (Å²) in [6.07, 6.45) is -0.847. The van der Waals surface area contributed by atoms with Crippen LogP contribution in [0.3, 0.4) is 0 Å². The van der Waals surface area contributed by atoms with Crippen LogP contribution in [0.4, 0.5) is 0 Å². The smallest absolute Gasteiger partial charge is 0.329 e. The van der Waals surface area contributed by atoms with Crippen molar-refractivity contribution >= 4 is 11.9 Å². The Hall–Kier alpha value is -1.14. The fraction of sp³-hybridized carbons (Fsp3) is 0.667. The lowest BCUT2D eigenvalue weighted by Gasteiger charge is -2.27. The number of hydrogen-bond acceptors (Lipinski definition) is 4. The van der Waals surface area contributed by atoms with E-state index in [2.05, 4.69) is 5.32 Å². The molecule has 0 aromatic heterocycles. The largest absolute Gasteiger partial charge is 0.480 e. The van der Waals surface area contributed by atoms with Gasteiger partial charge in [-0.15, -0.1) is 0 Å². The Labute approximate surface area is 68.1 Å². The number of aliphatic carboxylic acids is 1. The SMILES string of the molecule is O=C1COC(CO)C(C(=O)O)N1. The molecule has 0 bridgehead atoms. The molecule has 1 saturated heterocycles. The Kier molecular flexibility index (Phi) is 2.61. The molecule has 1 aliphatic heterocycles. The number of morpholine rings is 1. The normalized spacial score (nSPS) is 29.6. The Morgan fingerprint density at radius 1 is 1.75 bits per heavy atom. The van der Waals surface area contributed by atoms with Crippen LogP contribution in [0.5, 0.6) is 0 Å². The van der Waals surface area contributed by atoms with Gasteiger partial charge >= 0.3 is 5.97 Å². The average Bonchev–Trinajstić information content (AvgIpc) is 2.04. The van der Waals surface area contributed by atoms with Crippen LogP contribution >= 0.6 is 0 Å². The fourth-order valence-electron chi connectivity index (χ4n) is 0.966. The zero-order valence-corrected chi connectivity index (χ0v) is 6.19. The highest BCUT2D eigenvalue weighted by atomic mass is 16.5. The van der Waals surface area contributed by atoms with Gasteiger partial charge in [0.2, 0.25) is 5.91 Å². The molecule has 0 spiro atoms. The first-order valence-corrected chi connectivity index (χ1v) is 3.39. The summed E-state index contributed by atoms with van der Waals surface area (Å²) in [5.74, 6) is -1.69. The van der Waals surface area contributed by atoms with Gasteiger partial charge in [-0.25, -0.2) is 4.79 Å². The molecule has 6 heteroatoms. The first kappa shape index (κ1) is 8.95. The van der Waals surface area contributed by atoms with Gasteiger partial charge in [-0.1, -0.05) is 0 Å². The fourth-order valence-corrected chi connectivity index (χ4v) is 0.966. The topological polar surface area (TPSA) is 95.9 Å². The van der Waals surface area contributed by atoms with Crippen LogP contribution in [0.15, 0.2) is 0 Å². The van der Waals surface area contributed by atoms with E-state index in [0.717, 1.165) is 0 Å². The molecular formula is C6H9NO5. The molecule has 0 aliphatic carbocycles. The van der Waals surface area contributed by atoms with Crippen LogP contribution in [-0.4, -0.2) is 47.4 Å². The second kappa shape index (κ2) is 3.51. The van der Waals surface area contributed by atoms with E-state index in [1.165, 1.54) is 0 Å². The van der Waals surface area contributed by atoms with E-state index in [9.17, 15) is 9.59 Å². The van der Waals surface area contributed by atoms with E-state index in [1.54, 1.807) is 0 Å². The Bertz CT molecular complexity index is 204. The summed E-state index contributed by atoms with van der Waals surface area (Å²) >= 11 is 0. The Morgan fingerprint density at radius 2 is 2.42 bits per heavy atom. The van der Waals surface area contributed by atoms with Crippen molar-refractivity contribution < 1.29 is 24.5 Å². The van der Waals surface area contributed by atoms with Crippen molar-refractivity contribution in [2.45, 2.75) is 12.1 Å². The van der Waals surface area contributed by atoms with Crippen LogP contribution in [0.1, 0.15) is 0 Å². The molecule has 2 unspecified atom stereocenters. The lowest BCUT2D eigenvalue weighted by atomic mass is 10.1. The van der Waals surface area contributed by atoms with Gasteiger partial charge < -0.3 is 20.3 Å². The van der Waals surface area contributed by atoms with E-state index >= 15 is 0 Å². The minimum absolute atomic E-state index is 0.199. The van der Waals surface area contributed by atoms with E-state index in [0.29, 0.717) is 0 Å². The van der Waals surface area contributed by atoms with E-state index in [1.807, 2.05) is 0 Å². The number of aliphatic hydroxyl groups is 1. The van der Waals surface area contributed by atoms with Crippen molar-refractivity contribution in [2.75, 3.05) is 13.2 Å². The summed E-state index contributed by atoms with van der Waals surface area (Å²) in [6, 6.07) is -1.14. The van der Waals surface area contributed by atoms with Crippen LogP contribution < -0.4 is 5.32 Å². The first-order chi connectivity index (χ1) is 5.65. The van der Waals surface area contributed by atoms with Crippen LogP contribution in [0.25, 0.3) is 0 Å². The summed E-state index contributed by atoms with van der Waals surface area (Å²) in [4.78, 5) is 21.1. The number of carboxylic acid groups (broad SMARTS) is 1. The number of rotatable bonds is 2. The van der Waals surface area contributed by atoms with Gasteiger partial charge in [0.05, 0.1) is 6.61 Å². The van der Waals surface area contributed by atoms with Crippen molar-refractivity contribution in [3.63, 3.8) is 0 Å². The Morgan fingerprint density at radius 3 is 2.92 bits per heavy atom. The molecule has 6 nitrogen and oxygen atoms in total. The number of hydrogen-bond donors (Lipinski definition) is 3. The molecule has 1 amide bonds. The predicted octanol–water partition coefficient (Wildman–Crippen LogP) is -2.05. The number of carbonyl (C=O) groups is 2. The lowest BCUT2D eigenvalue weighted by molar-refractivity contribution is -0.156. The minimum Gasteiger partial charge on any atom is -0.480 e. The molecule has 0 radical (unpaired) electrons. The molecule has 3 N–H and O–H groups in total. The van der Waals surface area contributed by atoms with Crippen LogP contribution in [0, 0.1) is 0 Å². The number of nitrogens with one attached hydrogen (secondary N) is 1. The molecule has 12 heavy (non-hydrogen) atoms. The van der Waals surface area contributed by atoms with Gasteiger partial charge in [-0.05, 0) is 0 Å². The highest BCUT2D eigenvalue weighted by Crippen LogP contribution is 2.04. The number of amides is 1. The molecule has 1 heterocycles. The van der Waals surface area contributed by atoms with Crippen molar-refractivity contribution in [3.05, 3.63) is 0 Å². The third-order valence-electron chi connectivity index (χ3n) is 1.56. The zero-order valence-electron chi connectivity index (χ0n) is 6.19. The summed E-state index contributed by atoms with van der Waals surface area (Å²) in [7, 11) is 0. The number of carbonyl (C=O) groups excluding carboxylic acids is 1. The third-order valence-corrected chi connectivity index (χ3v) is 1.56. The van der Waals surface area contributed by atoms with Crippen molar-refractivity contribution in [2.24, 2.45) is 0 Å². The van der Waals surface area contributed by atoms with Gasteiger partial charge in [0.1, 0.15) is 12.7 Å².